The second kappa shape index (κ2) is 8.34. The van der Waals surface area contributed by atoms with Gasteiger partial charge in [-0.05, 0) is 11.5 Å². The molecule has 1 aliphatic heterocycles. The van der Waals surface area contributed by atoms with E-state index in [2.05, 4.69) is 51.5 Å². The zero-order valence-electron chi connectivity index (χ0n) is 13.9. The van der Waals surface area contributed by atoms with E-state index < -0.39 is 0 Å². The minimum atomic E-state index is -0.219. The number of aliphatic imine (C=N–C) groups is 1. The summed E-state index contributed by atoms with van der Waals surface area (Å²) in [4.78, 5) is 17.3. The standard InChI is InChI=1S/C16H24N6.HI/c1-5-13(16(2,3)4)20-14(17)21-9-11-22(12-10-21)15-18-7-6-8-19-15;/h1,6-8,13H,9-12H2,2-4H3,(H2,17,20);1H. The summed E-state index contributed by atoms with van der Waals surface area (Å²) in [5.41, 5.74) is 6.04. The Bertz CT molecular complexity index is 552. The monoisotopic (exact) mass is 428 g/mol. The lowest BCUT2D eigenvalue weighted by atomic mass is 9.88. The minimum Gasteiger partial charge on any atom is -0.370 e. The summed E-state index contributed by atoms with van der Waals surface area (Å²) in [5, 5.41) is 0. The van der Waals surface area contributed by atoms with Gasteiger partial charge in [0.2, 0.25) is 5.95 Å². The van der Waals surface area contributed by atoms with E-state index in [1.54, 1.807) is 12.4 Å². The lowest BCUT2D eigenvalue weighted by Gasteiger charge is -2.36. The minimum absolute atomic E-state index is 0. The molecular formula is C16H25IN6. The SMILES string of the molecule is C#CC(N=C(N)N1CCN(c2ncccn2)CC1)C(C)(C)C.I. The van der Waals surface area contributed by atoms with Gasteiger partial charge in [0.1, 0.15) is 6.04 Å². The number of nitrogens with two attached hydrogens (primary N) is 1. The van der Waals surface area contributed by atoms with E-state index in [1.807, 2.05) is 6.07 Å². The van der Waals surface area contributed by atoms with Crippen LogP contribution in [0, 0.1) is 17.8 Å². The van der Waals surface area contributed by atoms with Crippen molar-refractivity contribution in [2.45, 2.75) is 26.8 Å². The van der Waals surface area contributed by atoms with Crippen molar-refractivity contribution in [2.75, 3.05) is 31.1 Å². The van der Waals surface area contributed by atoms with Crippen molar-refractivity contribution in [1.29, 1.82) is 0 Å². The molecule has 1 aromatic heterocycles. The number of guanidine groups is 1. The highest BCUT2D eigenvalue weighted by molar-refractivity contribution is 14.0. The van der Waals surface area contributed by atoms with Crippen molar-refractivity contribution in [1.82, 2.24) is 14.9 Å². The molecular weight excluding hydrogens is 403 g/mol. The van der Waals surface area contributed by atoms with Gasteiger partial charge in [0, 0.05) is 38.6 Å². The summed E-state index contributed by atoms with van der Waals surface area (Å²) in [5.74, 6) is 4.00. The van der Waals surface area contributed by atoms with Gasteiger partial charge in [-0.3, -0.25) is 0 Å². The Labute approximate surface area is 155 Å². The summed E-state index contributed by atoms with van der Waals surface area (Å²) in [6.45, 7) is 9.41. The molecule has 1 unspecified atom stereocenters. The summed E-state index contributed by atoms with van der Waals surface area (Å²) >= 11 is 0. The number of terminal acetylenes is 1. The molecule has 126 valence electrons. The Morgan fingerprint density at radius 3 is 2.30 bits per heavy atom. The second-order valence-electron chi connectivity index (χ2n) is 6.45. The highest BCUT2D eigenvalue weighted by atomic mass is 127. The van der Waals surface area contributed by atoms with Gasteiger partial charge in [0.15, 0.2) is 5.96 Å². The number of aromatic nitrogens is 2. The Morgan fingerprint density at radius 2 is 1.83 bits per heavy atom. The van der Waals surface area contributed by atoms with Crippen LogP contribution in [0.3, 0.4) is 0 Å². The van der Waals surface area contributed by atoms with Crippen molar-refractivity contribution in [3.8, 4) is 12.3 Å². The summed E-state index contributed by atoms with van der Waals surface area (Å²) < 4.78 is 0. The van der Waals surface area contributed by atoms with Gasteiger partial charge in [0.05, 0.1) is 0 Å². The first-order valence-electron chi connectivity index (χ1n) is 7.48. The number of nitrogens with zero attached hydrogens (tertiary/aromatic N) is 5. The van der Waals surface area contributed by atoms with Crippen molar-refractivity contribution >= 4 is 35.9 Å². The topological polar surface area (TPSA) is 70.6 Å². The number of halogens is 1. The van der Waals surface area contributed by atoms with E-state index in [9.17, 15) is 0 Å². The summed E-state index contributed by atoms with van der Waals surface area (Å²) in [7, 11) is 0. The zero-order chi connectivity index (χ0) is 16.2. The third-order valence-corrected chi connectivity index (χ3v) is 3.68. The maximum absolute atomic E-state index is 6.14. The molecule has 23 heavy (non-hydrogen) atoms. The van der Waals surface area contributed by atoms with Crippen LogP contribution in [0.25, 0.3) is 0 Å². The van der Waals surface area contributed by atoms with E-state index in [0.29, 0.717) is 5.96 Å². The predicted octanol–water partition coefficient (Wildman–Crippen LogP) is 1.58. The van der Waals surface area contributed by atoms with E-state index >= 15 is 0 Å². The fraction of sp³-hybridized carbons (Fsp3) is 0.562. The molecule has 1 atom stereocenters. The maximum Gasteiger partial charge on any atom is 0.225 e. The molecule has 0 amide bonds. The van der Waals surface area contributed by atoms with E-state index in [-0.39, 0.29) is 35.4 Å². The number of anilines is 1. The first kappa shape index (κ1) is 19.5. The Kier molecular flexibility index (Phi) is 7.06. The molecule has 0 aliphatic carbocycles. The smallest absolute Gasteiger partial charge is 0.225 e. The quantitative estimate of drug-likeness (QED) is 0.335. The average molecular weight is 428 g/mol. The summed E-state index contributed by atoms with van der Waals surface area (Å²) in [6, 6.07) is 1.60. The van der Waals surface area contributed by atoms with Gasteiger partial charge in [-0.15, -0.1) is 30.4 Å². The van der Waals surface area contributed by atoms with Gasteiger partial charge >= 0.3 is 0 Å². The van der Waals surface area contributed by atoms with Crippen LogP contribution in [0.4, 0.5) is 5.95 Å². The molecule has 2 heterocycles. The van der Waals surface area contributed by atoms with Crippen LogP contribution in [0.1, 0.15) is 20.8 Å². The molecule has 0 radical (unpaired) electrons. The van der Waals surface area contributed by atoms with Crippen LogP contribution in [-0.2, 0) is 0 Å². The van der Waals surface area contributed by atoms with Gasteiger partial charge in [-0.2, -0.15) is 0 Å². The van der Waals surface area contributed by atoms with Crippen molar-refractivity contribution < 1.29 is 0 Å². The molecule has 1 saturated heterocycles. The van der Waals surface area contributed by atoms with E-state index in [1.165, 1.54) is 0 Å². The van der Waals surface area contributed by atoms with Gasteiger partial charge in [0.25, 0.3) is 0 Å². The zero-order valence-corrected chi connectivity index (χ0v) is 16.3. The van der Waals surface area contributed by atoms with Gasteiger partial charge in [-0.1, -0.05) is 26.7 Å². The van der Waals surface area contributed by atoms with E-state index in [4.69, 9.17) is 12.2 Å². The highest BCUT2D eigenvalue weighted by Crippen LogP contribution is 2.22. The van der Waals surface area contributed by atoms with Crippen LogP contribution in [-0.4, -0.2) is 53.0 Å². The molecule has 1 fully saturated rings. The highest BCUT2D eigenvalue weighted by Gasteiger charge is 2.25. The fourth-order valence-corrected chi connectivity index (χ4v) is 2.28. The van der Waals surface area contributed by atoms with Crippen LogP contribution >= 0.6 is 24.0 Å². The Hall–Kier alpha value is -1.56. The number of hydrogen-bond donors (Lipinski definition) is 1. The van der Waals surface area contributed by atoms with Crippen LogP contribution < -0.4 is 10.6 Å². The van der Waals surface area contributed by atoms with Crippen molar-refractivity contribution in [2.24, 2.45) is 16.1 Å². The molecule has 2 N–H and O–H groups in total. The lowest BCUT2D eigenvalue weighted by molar-refractivity contribution is 0.353. The van der Waals surface area contributed by atoms with Crippen LogP contribution in [0.2, 0.25) is 0 Å². The number of hydrogen-bond acceptors (Lipinski definition) is 4. The maximum atomic E-state index is 6.14. The lowest BCUT2D eigenvalue weighted by Crippen LogP contribution is -2.52. The fourth-order valence-electron chi connectivity index (χ4n) is 2.28. The third-order valence-electron chi connectivity index (χ3n) is 3.68. The van der Waals surface area contributed by atoms with E-state index in [0.717, 1.165) is 32.1 Å². The normalized spacial score (nSPS) is 17.2. The molecule has 0 bridgehead atoms. The molecule has 0 saturated carbocycles. The summed E-state index contributed by atoms with van der Waals surface area (Å²) in [6.07, 6.45) is 9.09. The number of piperazine rings is 1. The first-order chi connectivity index (χ1) is 10.4. The predicted molar refractivity (Wildman–Crippen MR) is 105 cm³/mol. The molecule has 6 nitrogen and oxygen atoms in total. The molecule has 7 heteroatoms. The van der Waals surface area contributed by atoms with Crippen LogP contribution in [0.15, 0.2) is 23.5 Å². The van der Waals surface area contributed by atoms with Gasteiger partial charge in [-0.25, -0.2) is 15.0 Å². The van der Waals surface area contributed by atoms with Gasteiger partial charge < -0.3 is 15.5 Å². The third kappa shape index (κ3) is 5.23. The van der Waals surface area contributed by atoms with Crippen LogP contribution in [0.5, 0.6) is 0 Å². The second-order valence-corrected chi connectivity index (χ2v) is 6.45. The molecule has 0 aromatic carbocycles. The molecule has 2 rings (SSSR count). The Balaban J connectivity index is 0.00000264. The van der Waals surface area contributed by atoms with Crippen molar-refractivity contribution in [3.63, 3.8) is 0 Å². The Morgan fingerprint density at radius 1 is 1.26 bits per heavy atom. The van der Waals surface area contributed by atoms with Crippen molar-refractivity contribution in [3.05, 3.63) is 18.5 Å². The largest absolute Gasteiger partial charge is 0.370 e. The molecule has 0 spiro atoms. The average Bonchev–Trinajstić information content (AvgIpc) is 2.52. The molecule has 1 aromatic rings. The number of rotatable bonds is 2. The molecule has 1 aliphatic rings. The first-order valence-corrected chi connectivity index (χ1v) is 7.48.